The van der Waals surface area contributed by atoms with E-state index in [0.29, 0.717) is 18.4 Å². The van der Waals surface area contributed by atoms with E-state index in [9.17, 15) is 8.78 Å². The van der Waals surface area contributed by atoms with Gasteiger partial charge in [0, 0.05) is 5.56 Å². The highest BCUT2D eigenvalue weighted by molar-refractivity contribution is 5.38. The quantitative estimate of drug-likeness (QED) is 0.745. The van der Waals surface area contributed by atoms with Gasteiger partial charge in [-0.2, -0.15) is 0 Å². The molecule has 1 nitrogen and oxygen atoms in total. The number of aryl methyl sites for hydroxylation is 1. The Balaban J connectivity index is 3.30. The van der Waals surface area contributed by atoms with E-state index in [1.165, 1.54) is 13.2 Å². The second-order valence-electron chi connectivity index (χ2n) is 3.45. The molecule has 0 aliphatic carbocycles. The van der Waals surface area contributed by atoms with Crippen molar-refractivity contribution in [1.29, 1.82) is 0 Å². The van der Waals surface area contributed by atoms with Crippen LogP contribution in [-0.2, 0) is 12.8 Å². The number of benzene rings is 1. The fraction of sp³-hybridized carbons (Fsp3) is 0.500. The van der Waals surface area contributed by atoms with Crippen LogP contribution in [0, 0.1) is 11.6 Å². The maximum absolute atomic E-state index is 13.7. The zero-order valence-corrected chi connectivity index (χ0v) is 9.36. The van der Waals surface area contributed by atoms with E-state index in [4.69, 9.17) is 4.74 Å². The largest absolute Gasteiger partial charge is 0.494 e. The minimum atomic E-state index is -0.572. The fourth-order valence-corrected chi connectivity index (χ4v) is 1.63. The lowest BCUT2D eigenvalue weighted by atomic mass is 10.0. The van der Waals surface area contributed by atoms with Crippen LogP contribution in [0.25, 0.3) is 0 Å². The van der Waals surface area contributed by atoms with Crippen molar-refractivity contribution in [3.8, 4) is 5.75 Å². The zero-order valence-electron chi connectivity index (χ0n) is 9.36. The van der Waals surface area contributed by atoms with Crippen LogP contribution in [0.5, 0.6) is 5.75 Å². The lowest BCUT2D eigenvalue weighted by Crippen LogP contribution is -2.02. The number of ether oxygens (including phenoxy) is 1. The molecule has 0 aliphatic rings. The Morgan fingerprint density at radius 1 is 1.20 bits per heavy atom. The average Bonchev–Trinajstić information content (AvgIpc) is 2.23. The molecule has 15 heavy (non-hydrogen) atoms. The van der Waals surface area contributed by atoms with Crippen molar-refractivity contribution >= 4 is 0 Å². The summed E-state index contributed by atoms with van der Waals surface area (Å²) in [5, 5.41) is 0. The molecule has 0 aliphatic heterocycles. The summed E-state index contributed by atoms with van der Waals surface area (Å²) in [5.74, 6) is -0.855. The predicted octanol–water partition coefficient (Wildman–Crippen LogP) is 3.49. The van der Waals surface area contributed by atoms with Gasteiger partial charge in [-0.25, -0.2) is 8.78 Å². The van der Waals surface area contributed by atoms with Gasteiger partial charge in [0.2, 0.25) is 0 Å². The molecule has 0 aromatic heterocycles. The van der Waals surface area contributed by atoms with Crippen LogP contribution < -0.4 is 4.74 Å². The molecule has 0 heterocycles. The SMILES string of the molecule is CCCc1cc(OC)c(F)c(CC)c1F. The lowest BCUT2D eigenvalue weighted by Gasteiger charge is -2.11. The van der Waals surface area contributed by atoms with Crippen molar-refractivity contribution in [3.05, 3.63) is 28.8 Å². The van der Waals surface area contributed by atoms with Crippen molar-refractivity contribution in [1.82, 2.24) is 0 Å². The van der Waals surface area contributed by atoms with Gasteiger partial charge >= 0.3 is 0 Å². The molecule has 0 spiro atoms. The smallest absolute Gasteiger partial charge is 0.171 e. The molecule has 84 valence electrons. The van der Waals surface area contributed by atoms with Crippen LogP contribution in [-0.4, -0.2) is 7.11 Å². The molecule has 0 amide bonds. The average molecular weight is 214 g/mol. The van der Waals surface area contributed by atoms with E-state index >= 15 is 0 Å². The van der Waals surface area contributed by atoms with Crippen LogP contribution in [0.1, 0.15) is 31.4 Å². The maximum Gasteiger partial charge on any atom is 0.171 e. The molecule has 0 N–H and O–H groups in total. The molecule has 1 aromatic carbocycles. The first-order valence-electron chi connectivity index (χ1n) is 5.19. The van der Waals surface area contributed by atoms with Gasteiger partial charge in [-0.3, -0.25) is 0 Å². The summed E-state index contributed by atoms with van der Waals surface area (Å²) in [6.07, 6.45) is 1.77. The first-order chi connectivity index (χ1) is 7.15. The minimum absolute atomic E-state index is 0.123. The van der Waals surface area contributed by atoms with Crippen LogP contribution in [0.4, 0.5) is 8.78 Å². The molecule has 0 bridgehead atoms. The van der Waals surface area contributed by atoms with Crippen molar-refractivity contribution in [2.24, 2.45) is 0 Å². The highest BCUT2D eigenvalue weighted by Crippen LogP contribution is 2.27. The Morgan fingerprint density at radius 2 is 1.87 bits per heavy atom. The normalized spacial score (nSPS) is 10.5. The molecular formula is C12H16F2O. The fourth-order valence-electron chi connectivity index (χ4n) is 1.63. The highest BCUT2D eigenvalue weighted by Gasteiger charge is 2.16. The number of rotatable bonds is 4. The Morgan fingerprint density at radius 3 is 2.33 bits per heavy atom. The highest BCUT2D eigenvalue weighted by atomic mass is 19.1. The molecule has 0 radical (unpaired) electrons. The molecule has 0 saturated carbocycles. The van der Waals surface area contributed by atoms with Crippen molar-refractivity contribution in [2.75, 3.05) is 7.11 Å². The van der Waals surface area contributed by atoms with Gasteiger partial charge in [0.05, 0.1) is 7.11 Å². The molecule has 0 unspecified atom stereocenters. The summed E-state index contributed by atoms with van der Waals surface area (Å²) in [4.78, 5) is 0. The number of hydrogen-bond acceptors (Lipinski definition) is 1. The van der Waals surface area contributed by atoms with E-state index in [1.54, 1.807) is 6.92 Å². The molecule has 1 rings (SSSR count). The Labute approximate surface area is 89.1 Å². The van der Waals surface area contributed by atoms with E-state index in [2.05, 4.69) is 0 Å². The second kappa shape index (κ2) is 5.10. The molecule has 0 fully saturated rings. The lowest BCUT2D eigenvalue weighted by molar-refractivity contribution is 0.379. The number of halogens is 2. The minimum Gasteiger partial charge on any atom is -0.494 e. The third-order valence-electron chi connectivity index (χ3n) is 2.43. The van der Waals surface area contributed by atoms with Gasteiger partial charge in [-0.1, -0.05) is 20.3 Å². The van der Waals surface area contributed by atoms with Crippen molar-refractivity contribution < 1.29 is 13.5 Å². The summed E-state index contributed by atoms with van der Waals surface area (Å²) in [6.45, 7) is 3.69. The number of hydrogen-bond donors (Lipinski definition) is 0. The van der Waals surface area contributed by atoms with Crippen molar-refractivity contribution in [2.45, 2.75) is 33.1 Å². The predicted molar refractivity (Wildman–Crippen MR) is 56.3 cm³/mol. The standard InChI is InChI=1S/C12H16F2O/c1-4-6-8-7-10(15-3)12(14)9(5-2)11(8)13/h7H,4-6H2,1-3H3. The number of methoxy groups -OCH3 is 1. The van der Waals surface area contributed by atoms with Gasteiger partial charge in [-0.05, 0) is 24.5 Å². The summed E-state index contributed by atoms with van der Waals surface area (Å²) in [7, 11) is 1.39. The molecule has 3 heteroatoms. The molecule has 0 saturated heterocycles. The van der Waals surface area contributed by atoms with Gasteiger partial charge in [0.1, 0.15) is 5.82 Å². The summed E-state index contributed by atoms with van der Waals surface area (Å²) in [5.41, 5.74) is 0.658. The Hall–Kier alpha value is -1.12. The van der Waals surface area contributed by atoms with E-state index in [-0.39, 0.29) is 11.3 Å². The van der Waals surface area contributed by atoms with E-state index in [1.807, 2.05) is 6.92 Å². The monoisotopic (exact) mass is 214 g/mol. The molecule has 0 atom stereocenters. The van der Waals surface area contributed by atoms with Crippen LogP contribution in [0.15, 0.2) is 6.07 Å². The van der Waals surface area contributed by atoms with Gasteiger partial charge in [0.15, 0.2) is 11.6 Å². The third-order valence-corrected chi connectivity index (χ3v) is 2.43. The van der Waals surface area contributed by atoms with Crippen molar-refractivity contribution in [3.63, 3.8) is 0 Å². The zero-order chi connectivity index (χ0) is 11.4. The summed E-state index contributed by atoms with van der Waals surface area (Å²) >= 11 is 0. The summed E-state index contributed by atoms with van der Waals surface area (Å²) < 4.78 is 32.2. The second-order valence-corrected chi connectivity index (χ2v) is 3.45. The topological polar surface area (TPSA) is 9.23 Å². The Bertz CT molecular complexity index is 348. The summed E-state index contributed by atoms with van der Waals surface area (Å²) in [6, 6.07) is 1.45. The van der Waals surface area contributed by atoms with Gasteiger partial charge < -0.3 is 4.74 Å². The van der Waals surface area contributed by atoms with Crippen LogP contribution in [0.2, 0.25) is 0 Å². The first kappa shape index (κ1) is 12.0. The van der Waals surface area contributed by atoms with E-state index < -0.39 is 11.6 Å². The van der Waals surface area contributed by atoms with Gasteiger partial charge in [0.25, 0.3) is 0 Å². The van der Waals surface area contributed by atoms with Crippen LogP contribution >= 0.6 is 0 Å². The van der Waals surface area contributed by atoms with E-state index in [0.717, 1.165) is 6.42 Å². The maximum atomic E-state index is 13.7. The molecular weight excluding hydrogens is 198 g/mol. The first-order valence-corrected chi connectivity index (χ1v) is 5.19. The Kier molecular flexibility index (Phi) is 4.06. The van der Waals surface area contributed by atoms with Gasteiger partial charge in [-0.15, -0.1) is 0 Å². The third kappa shape index (κ3) is 2.28. The molecule has 1 aromatic rings. The van der Waals surface area contributed by atoms with Crippen LogP contribution in [0.3, 0.4) is 0 Å².